The lowest BCUT2D eigenvalue weighted by molar-refractivity contribution is -0.155. The molecule has 0 saturated carbocycles. The Morgan fingerprint density at radius 2 is 2.05 bits per heavy atom. The van der Waals surface area contributed by atoms with Gasteiger partial charge in [-0.3, -0.25) is 9.59 Å². The molecule has 0 aliphatic carbocycles. The number of hydrogen-bond acceptors (Lipinski definition) is 4. The van der Waals surface area contributed by atoms with E-state index in [0.717, 1.165) is 0 Å². The Labute approximate surface area is 123 Å². The zero-order valence-corrected chi connectivity index (χ0v) is 12.1. The van der Waals surface area contributed by atoms with E-state index in [9.17, 15) is 9.59 Å². The number of hydrogen-bond donors (Lipinski definition) is 1. The van der Waals surface area contributed by atoms with Crippen LogP contribution in [0.3, 0.4) is 0 Å². The topological polar surface area (TPSA) is 67.9 Å². The maximum absolute atomic E-state index is 12.7. The zero-order valence-electron chi connectivity index (χ0n) is 12.1. The number of piperazine rings is 1. The van der Waals surface area contributed by atoms with Gasteiger partial charge in [-0.05, 0) is 26.0 Å². The second-order valence-electron chi connectivity index (χ2n) is 5.67. The van der Waals surface area contributed by atoms with Gasteiger partial charge in [0.05, 0.1) is 0 Å². The first-order valence-electron chi connectivity index (χ1n) is 6.98. The summed E-state index contributed by atoms with van der Waals surface area (Å²) >= 11 is 0. The molecule has 1 N–H and O–H groups in total. The highest BCUT2D eigenvalue weighted by atomic mass is 16.6. The van der Waals surface area contributed by atoms with Crippen LogP contribution in [0.25, 0.3) is 0 Å². The van der Waals surface area contributed by atoms with Crippen molar-refractivity contribution in [2.45, 2.75) is 25.5 Å². The van der Waals surface area contributed by atoms with Gasteiger partial charge in [-0.15, -0.1) is 0 Å². The van der Waals surface area contributed by atoms with Crippen LogP contribution in [0.4, 0.5) is 0 Å². The van der Waals surface area contributed by atoms with E-state index in [2.05, 4.69) is 5.32 Å². The van der Waals surface area contributed by atoms with Gasteiger partial charge in [0.2, 0.25) is 12.0 Å². The van der Waals surface area contributed by atoms with Crippen molar-refractivity contribution in [3.05, 3.63) is 24.3 Å². The molecule has 0 radical (unpaired) electrons. The number of nitrogens with zero attached hydrogens (tertiary/aromatic N) is 1. The molecule has 1 atom stereocenters. The van der Waals surface area contributed by atoms with E-state index in [-0.39, 0.29) is 18.4 Å². The van der Waals surface area contributed by atoms with Gasteiger partial charge in [0.15, 0.2) is 11.5 Å². The second-order valence-corrected chi connectivity index (χ2v) is 5.67. The summed E-state index contributed by atoms with van der Waals surface area (Å²) in [6, 6.07) is 7.24. The van der Waals surface area contributed by atoms with Gasteiger partial charge >= 0.3 is 0 Å². The van der Waals surface area contributed by atoms with Crippen molar-refractivity contribution in [3.63, 3.8) is 0 Å². The fourth-order valence-electron chi connectivity index (χ4n) is 2.60. The quantitative estimate of drug-likeness (QED) is 0.821. The predicted molar refractivity (Wildman–Crippen MR) is 75.2 cm³/mol. The van der Waals surface area contributed by atoms with Crippen LogP contribution in [0.15, 0.2) is 24.3 Å². The normalized spacial score (nSPS) is 23.4. The van der Waals surface area contributed by atoms with Crippen molar-refractivity contribution in [1.82, 2.24) is 10.2 Å². The van der Waals surface area contributed by atoms with Crippen molar-refractivity contribution in [1.29, 1.82) is 0 Å². The number of carbonyl (C=O) groups excluding carboxylic acids is 2. The first-order chi connectivity index (χ1) is 10.00. The predicted octanol–water partition coefficient (Wildman–Crippen LogP) is 0.563. The summed E-state index contributed by atoms with van der Waals surface area (Å²) in [5.41, 5.74) is -0.879. The van der Waals surface area contributed by atoms with Crippen molar-refractivity contribution in [3.8, 4) is 11.5 Å². The molecule has 21 heavy (non-hydrogen) atoms. The lowest BCUT2D eigenvalue weighted by Gasteiger charge is -2.42. The molecule has 112 valence electrons. The third-order valence-electron chi connectivity index (χ3n) is 3.90. The summed E-state index contributed by atoms with van der Waals surface area (Å²) in [5, 5.41) is 2.77. The molecule has 1 unspecified atom stereocenters. The van der Waals surface area contributed by atoms with Crippen LogP contribution in [-0.2, 0) is 9.59 Å². The van der Waals surface area contributed by atoms with Crippen molar-refractivity contribution >= 4 is 11.8 Å². The smallest absolute Gasteiger partial charge is 0.268 e. The fraction of sp³-hybridized carbons (Fsp3) is 0.467. The Kier molecular flexibility index (Phi) is 3.23. The van der Waals surface area contributed by atoms with E-state index < -0.39 is 11.6 Å². The highest BCUT2D eigenvalue weighted by Gasteiger charge is 2.44. The number of carbonyl (C=O) groups is 2. The van der Waals surface area contributed by atoms with E-state index in [1.165, 1.54) is 0 Å². The van der Waals surface area contributed by atoms with Crippen molar-refractivity contribution in [2.75, 3.05) is 19.7 Å². The minimum absolute atomic E-state index is 0.153. The standard InChI is InChI=1S/C15H18N2O4/c1-15(2)14(19)16-7-8-17(15)13(18)12-9-20-10-5-3-4-6-11(10)21-12/h3-6,12H,7-9H2,1-2H3,(H,16,19). The minimum Gasteiger partial charge on any atom is -0.485 e. The fourth-order valence-corrected chi connectivity index (χ4v) is 2.60. The lowest BCUT2D eigenvalue weighted by Crippen LogP contribution is -2.66. The maximum atomic E-state index is 12.7. The maximum Gasteiger partial charge on any atom is 0.268 e. The average Bonchev–Trinajstić information content (AvgIpc) is 2.49. The Hall–Kier alpha value is -2.24. The van der Waals surface area contributed by atoms with Gasteiger partial charge < -0.3 is 19.7 Å². The highest BCUT2D eigenvalue weighted by Crippen LogP contribution is 2.32. The first kappa shape index (κ1) is 13.7. The molecule has 1 fully saturated rings. The van der Waals surface area contributed by atoms with Crippen LogP contribution in [0.1, 0.15) is 13.8 Å². The van der Waals surface area contributed by atoms with E-state index in [1.807, 2.05) is 12.1 Å². The molecule has 1 aromatic carbocycles. The van der Waals surface area contributed by atoms with E-state index in [1.54, 1.807) is 30.9 Å². The summed E-state index contributed by atoms with van der Waals surface area (Å²) < 4.78 is 11.3. The molecule has 0 aromatic heterocycles. The third kappa shape index (κ3) is 2.30. The largest absolute Gasteiger partial charge is 0.485 e. The van der Waals surface area contributed by atoms with E-state index in [0.29, 0.717) is 24.6 Å². The van der Waals surface area contributed by atoms with Gasteiger partial charge in [-0.25, -0.2) is 0 Å². The average molecular weight is 290 g/mol. The third-order valence-corrected chi connectivity index (χ3v) is 3.90. The number of para-hydroxylation sites is 2. The van der Waals surface area contributed by atoms with Crippen LogP contribution in [0.5, 0.6) is 11.5 Å². The van der Waals surface area contributed by atoms with Gasteiger partial charge in [-0.2, -0.15) is 0 Å². The molecule has 2 amide bonds. The number of benzene rings is 1. The highest BCUT2D eigenvalue weighted by molar-refractivity contribution is 5.93. The Morgan fingerprint density at radius 3 is 2.81 bits per heavy atom. The summed E-state index contributed by atoms with van der Waals surface area (Å²) in [4.78, 5) is 26.2. The van der Waals surface area contributed by atoms with Gasteiger partial charge in [0.25, 0.3) is 5.91 Å². The molecule has 0 bridgehead atoms. The van der Waals surface area contributed by atoms with Crippen LogP contribution in [0.2, 0.25) is 0 Å². The number of amides is 2. The summed E-state index contributed by atoms with van der Waals surface area (Å²) in [6.45, 7) is 4.55. The summed E-state index contributed by atoms with van der Waals surface area (Å²) in [5.74, 6) is 0.821. The number of fused-ring (bicyclic) bond motifs is 1. The van der Waals surface area contributed by atoms with Gasteiger partial charge in [-0.1, -0.05) is 12.1 Å². The van der Waals surface area contributed by atoms with Crippen LogP contribution < -0.4 is 14.8 Å². The van der Waals surface area contributed by atoms with Crippen molar-refractivity contribution < 1.29 is 19.1 Å². The molecule has 0 spiro atoms. The molecular formula is C15H18N2O4. The molecule has 3 rings (SSSR count). The van der Waals surface area contributed by atoms with Crippen LogP contribution >= 0.6 is 0 Å². The zero-order chi connectivity index (χ0) is 15.0. The number of nitrogens with one attached hydrogen (secondary N) is 1. The van der Waals surface area contributed by atoms with E-state index in [4.69, 9.17) is 9.47 Å². The van der Waals surface area contributed by atoms with Crippen LogP contribution in [0, 0.1) is 0 Å². The van der Waals surface area contributed by atoms with Crippen LogP contribution in [-0.4, -0.2) is 48.1 Å². The molecule has 2 heterocycles. The molecule has 1 aromatic rings. The summed E-state index contributed by atoms with van der Waals surface area (Å²) in [6.07, 6.45) is -0.718. The van der Waals surface area contributed by atoms with Gasteiger partial charge in [0, 0.05) is 13.1 Å². The SMILES string of the molecule is CC1(C)C(=O)NCCN1C(=O)C1COc2ccccc2O1. The van der Waals surface area contributed by atoms with E-state index >= 15 is 0 Å². The number of rotatable bonds is 1. The Bertz CT molecular complexity index is 585. The number of ether oxygens (including phenoxy) is 2. The lowest BCUT2D eigenvalue weighted by atomic mass is 9.98. The molecule has 6 heteroatoms. The summed E-state index contributed by atoms with van der Waals surface area (Å²) in [7, 11) is 0. The Balaban J connectivity index is 1.79. The monoisotopic (exact) mass is 290 g/mol. The molecular weight excluding hydrogens is 272 g/mol. The molecule has 2 aliphatic heterocycles. The molecule has 2 aliphatic rings. The molecule has 6 nitrogen and oxygen atoms in total. The Morgan fingerprint density at radius 1 is 1.33 bits per heavy atom. The molecule has 1 saturated heterocycles. The first-order valence-corrected chi connectivity index (χ1v) is 6.98. The van der Waals surface area contributed by atoms with Gasteiger partial charge in [0.1, 0.15) is 12.1 Å². The minimum atomic E-state index is -0.879. The second kappa shape index (κ2) is 4.95. The van der Waals surface area contributed by atoms with Crippen molar-refractivity contribution in [2.24, 2.45) is 0 Å².